The van der Waals surface area contributed by atoms with Gasteiger partial charge in [0.15, 0.2) is 0 Å². The minimum atomic E-state index is -1.16. The zero-order chi connectivity index (χ0) is 49.4. The molecule has 66 heavy (non-hydrogen) atoms. The number of hydrogen-bond donors (Lipinski definition) is 3. The molecule has 9 atom stereocenters. The monoisotopic (exact) mass is 925 g/mol. The number of unbranched alkanes of at least 4 members (excludes halogenated alkanes) is 2. The molecular formula is C49H76N6O11. The first-order chi connectivity index (χ1) is 31.2. The van der Waals surface area contributed by atoms with Crippen molar-refractivity contribution >= 4 is 47.3 Å². The second-order valence-electron chi connectivity index (χ2n) is 18.6. The van der Waals surface area contributed by atoms with Gasteiger partial charge in [0.1, 0.15) is 18.1 Å². The van der Waals surface area contributed by atoms with Crippen molar-refractivity contribution in [2.45, 2.75) is 149 Å². The Morgan fingerprint density at radius 3 is 2.02 bits per heavy atom. The van der Waals surface area contributed by atoms with E-state index in [0.717, 1.165) is 5.56 Å². The lowest BCUT2D eigenvalue weighted by Crippen LogP contribution is -2.60. The molecule has 1 aromatic carbocycles. The molecule has 368 valence electrons. The first-order valence-corrected chi connectivity index (χ1v) is 23.5. The second-order valence-corrected chi connectivity index (χ2v) is 18.6. The molecule has 0 saturated carbocycles. The average molecular weight is 925 g/mol. The van der Waals surface area contributed by atoms with Crippen LogP contribution in [-0.4, -0.2) is 156 Å². The van der Waals surface area contributed by atoms with E-state index >= 15 is 0 Å². The molecule has 17 heteroatoms. The molecule has 1 saturated heterocycles. The van der Waals surface area contributed by atoms with Gasteiger partial charge >= 0.3 is 5.97 Å². The number of methoxy groups -OCH3 is 2. The SMILES string of the molecule is CC[C@H](C)[C@@H]([C@@H](CC(=O)N1CCC[C@H]1[C@H](OC)[C@@H](C)C(=O)N[C@@H](Cc1ccccc1)C(=O)O)OC)N(C)C(=O)[C@@H](NC(=O)C(C(C)C)N(C)C(=O)CCCCCN1C(=O)C=CC1=O)C(C)C. The zero-order valence-electron chi connectivity index (χ0n) is 41.0. The normalized spacial score (nSPS) is 18.7. The second kappa shape index (κ2) is 26.2. The molecule has 7 amide bonds. The number of likely N-dealkylation sites (tertiary alicyclic amines) is 1. The maximum absolute atomic E-state index is 14.6. The van der Waals surface area contributed by atoms with E-state index in [9.17, 15) is 43.5 Å². The summed E-state index contributed by atoms with van der Waals surface area (Å²) in [7, 11) is 6.21. The minimum absolute atomic E-state index is 0.0818. The Morgan fingerprint density at radius 2 is 1.47 bits per heavy atom. The molecule has 17 nitrogen and oxygen atoms in total. The Balaban J connectivity index is 1.71. The summed E-state index contributed by atoms with van der Waals surface area (Å²) < 4.78 is 11.9. The van der Waals surface area contributed by atoms with Crippen LogP contribution in [0.1, 0.15) is 105 Å². The first kappa shape index (κ1) is 55.2. The van der Waals surface area contributed by atoms with E-state index in [0.29, 0.717) is 45.1 Å². The van der Waals surface area contributed by atoms with Crippen molar-refractivity contribution in [3.05, 3.63) is 48.0 Å². The van der Waals surface area contributed by atoms with Crippen molar-refractivity contribution in [2.75, 3.05) is 41.4 Å². The van der Waals surface area contributed by atoms with Crippen LogP contribution >= 0.6 is 0 Å². The number of aliphatic carboxylic acids is 1. The lowest BCUT2D eigenvalue weighted by Gasteiger charge is -2.41. The van der Waals surface area contributed by atoms with Gasteiger partial charge in [-0.05, 0) is 49.0 Å². The number of ether oxygens (including phenoxy) is 2. The fourth-order valence-electron chi connectivity index (χ4n) is 9.26. The van der Waals surface area contributed by atoms with Crippen molar-refractivity contribution in [3.8, 4) is 0 Å². The van der Waals surface area contributed by atoms with Crippen molar-refractivity contribution in [3.63, 3.8) is 0 Å². The Hall–Kier alpha value is -5.16. The molecule has 2 aliphatic heterocycles. The highest BCUT2D eigenvalue weighted by molar-refractivity contribution is 6.12. The molecule has 3 rings (SSSR count). The number of nitrogens with one attached hydrogen (secondary N) is 2. The van der Waals surface area contributed by atoms with Gasteiger partial charge in [0.2, 0.25) is 29.5 Å². The third-order valence-electron chi connectivity index (χ3n) is 13.3. The molecule has 0 aromatic heterocycles. The van der Waals surface area contributed by atoms with Crippen molar-refractivity contribution in [1.29, 1.82) is 0 Å². The van der Waals surface area contributed by atoms with Gasteiger partial charge < -0.3 is 39.9 Å². The van der Waals surface area contributed by atoms with Crippen LogP contribution in [0.5, 0.6) is 0 Å². The van der Waals surface area contributed by atoms with Crippen LogP contribution in [0.3, 0.4) is 0 Å². The third-order valence-corrected chi connectivity index (χ3v) is 13.3. The third kappa shape index (κ3) is 14.7. The molecule has 2 heterocycles. The first-order valence-electron chi connectivity index (χ1n) is 23.5. The summed E-state index contributed by atoms with van der Waals surface area (Å²) in [6.45, 7) is 13.6. The number of carbonyl (C=O) groups excluding carboxylic acids is 7. The fraction of sp³-hybridized carbons (Fsp3) is 0.673. The summed E-state index contributed by atoms with van der Waals surface area (Å²) in [5, 5.41) is 15.6. The van der Waals surface area contributed by atoms with Gasteiger partial charge in [0.05, 0.1) is 36.6 Å². The van der Waals surface area contributed by atoms with Crippen LogP contribution in [0.4, 0.5) is 0 Å². The topological polar surface area (TPSA) is 212 Å². The van der Waals surface area contributed by atoms with E-state index in [4.69, 9.17) is 9.47 Å². The smallest absolute Gasteiger partial charge is 0.326 e. The molecular weight excluding hydrogens is 849 g/mol. The van der Waals surface area contributed by atoms with E-state index in [-0.39, 0.29) is 73.1 Å². The van der Waals surface area contributed by atoms with Gasteiger partial charge in [-0.1, -0.05) is 91.6 Å². The number of amides is 7. The van der Waals surface area contributed by atoms with Crippen molar-refractivity contribution < 1.29 is 52.9 Å². The van der Waals surface area contributed by atoms with Crippen molar-refractivity contribution in [1.82, 2.24) is 30.2 Å². The molecule has 1 unspecified atom stereocenters. The standard InChI is InChI=1S/C49H76N6O11/c1-12-32(6)44(37(65-10)29-41(59)54-27-19-22-36(54)45(66-11)33(7)46(60)50-35(49(63)64)28-34-20-15-13-16-21-34)53(9)48(62)42(30(2)3)51-47(61)43(31(4)5)52(8)38(56)23-17-14-18-26-55-39(57)24-25-40(55)58/h13,15-16,20-21,24-25,30-33,35-37,42-45H,12,14,17-19,22-23,26-29H2,1-11H3,(H,50,60)(H,51,61)(H,63,64)/t32-,33+,35-,36-,37+,42-,43?,44-,45+/m0/s1. The number of rotatable bonds is 27. The number of hydrogen-bond acceptors (Lipinski definition) is 10. The molecule has 0 bridgehead atoms. The average Bonchev–Trinajstić information content (AvgIpc) is 3.89. The van der Waals surface area contributed by atoms with Crippen molar-refractivity contribution in [2.24, 2.45) is 23.7 Å². The summed E-state index contributed by atoms with van der Waals surface area (Å²) in [5.74, 6) is -5.24. The van der Waals surface area contributed by atoms with Crippen LogP contribution in [0.25, 0.3) is 0 Å². The van der Waals surface area contributed by atoms with E-state index in [2.05, 4.69) is 10.6 Å². The Bertz CT molecular complexity index is 1840. The molecule has 1 fully saturated rings. The number of carboxylic acids is 1. The molecule has 0 spiro atoms. The predicted molar refractivity (Wildman–Crippen MR) is 248 cm³/mol. The van der Waals surface area contributed by atoms with E-state index in [1.54, 1.807) is 55.1 Å². The zero-order valence-corrected chi connectivity index (χ0v) is 41.0. The van der Waals surface area contributed by atoms with Gasteiger partial charge in [-0.15, -0.1) is 0 Å². The lowest BCUT2D eigenvalue weighted by molar-refractivity contribution is -0.149. The summed E-state index contributed by atoms with van der Waals surface area (Å²) in [6.07, 6.45) is 4.72. The van der Waals surface area contributed by atoms with E-state index in [1.807, 2.05) is 47.6 Å². The van der Waals surface area contributed by atoms with Gasteiger partial charge in [-0.2, -0.15) is 0 Å². The number of benzene rings is 1. The quantitative estimate of drug-likeness (QED) is 0.0853. The van der Waals surface area contributed by atoms with Crippen LogP contribution in [0.15, 0.2) is 42.5 Å². The van der Waals surface area contributed by atoms with Crippen LogP contribution < -0.4 is 10.6 Å². The Kier molecular flexibility index (Phi) is 21.9. The Morgan fingerprint density at radius 1 is 0.833 bits per heavy atom. The van der Waals surface area contributed by atoms with Gasteiger partial charge in [-0.25, -0.2) is 4.79 Å². The number of carboxylic acid groups (broad SMARTS) is 1. The van der Waals surface area contributed by atoms with E-state index in [1.165, 1.54) is 36.2 Å². The summed E-state index contributed by atoms with van der Waals surface area (Å²) in [5.41, 5.74) is 0.762. The highest BCUT2D eigenvalue weighted by atomic mass is 16.5. The summed E-state index contributed by atoms with van der Waals surface area (Å²) in [4.78, 5) is 112. The minimum Gasteiger partial charge on any atom is -0.480 e. The molecule has 0 radical (unpaired) electrons. The number of imide groups is 1. The van der Waals surface area contributed by atoms with Crippen LogP contribution in [0.2, 0.25) is 0 Å². The van der Waals surface area contributed by atoms with Gasteiger partial charge in [-0.3, -0.25) is 38.5 Å². The van der Waals surface area contributed by atoms with Crippen LogP contribution in [0, 0.1) is 23.7 Å². The summed E-state index contributed by atoms with van der Waals surface area (Å²) >= 11 is 0. The van der Waals surface area contributed by atoms with Gasteiger partial charge in [0, 0.05) is 66.4 Å². The lowest BCUT2D eigenvalue weighted by atomic mass is 9.89. The molecule has 0 aliphatic carbocycles. The number of carbonyl (C=O) groups is 8. The Labute approximate surface area is 391 Å². The molecule has 2 aliphatic rings. The predicted octanol–water partition coefficient (Wildman–Crippen LogP) is 3.83. The molecule has 3 N–H and O–H groups in total. The fourth-order valence-corrected chi connectivity index (χ4v) is 9.26. The maximum atomic E-state index is 14.6. The summed E-state index contributed by atoms with van der Waals surface area (Å²) in [6, 6.07) is 4.97. The molecule has 1 aromatic rings. The van der Waals surface area contributed by atoms with E-state index < -0.39 is 66.1 Å². The van der Waals surface area contributed by atoms with Gasteiger partial charge in [0.25, 0.3) is 11.8 Å². The van der Waals surface area contributed by atoms with Crippen LogP contribution in [-0.2, 0) is 54.3 Å². The number of nitrogens with zero attached hydrogens (tertiary/aromatic N) is 4. The number of likely N-dealkylation sites (N-methyl/N-ethyl adjacent to an activating group) is 2. The highest BCUT2D eigenvalue weighted by Gasteiger charge is 2.44. The largest absolute Gasteiger partial charge is 0.480 e. The maximum Gasteiger partial charge on any atom is 0.326 e. The highest BCUT2D eigenvalue weighted by Crippen LogP contribution is 2.30.